The van der Waals surface area contributed by atoms with Crippen LogP contribution in [-0.4, -0.2) is 38.5 Å². The predicted octanol–water partition coefficient (Wildman–Crippen LogP) is 0.894. The van der Waals surface area contributed by atoms with Gasteiger partial charge in [-0.25, -0.2) is 12.8 Å². The minimum atomic E-state index is -3.38. The van der Waals surface area contributed by atoms with E-state index in [1.165, 1.54) is 19.2 Å². The van der Waals surface area contributed by atoms with Gasteiger partial charge in [0.25, 0.3) is 0 Å². The second-order valence-electron chi connectivity index (χ2n) is 4.36. The van der Waals surface area contributed by atoms with Crippen LogP contribution in [0.1, 0.15) is 18.5 Å². The number of amides is 1. The van der Waals surface area contributed by atoms with E-state index in [9.17, 15) is 17.6 Å². The predicted molar refractivity (Wildman–Crippen MR) is 70.4 cm³/mol. The van der Waals surface area contributed by atoms with Crippen LogP contribution in [0.3, 0.4) is 0 Å². The van der Waals surface area contributed by atoms with E-state index >= 15 is 0 Å². The Labute approximate surface area is 112 Å². The number of benzene rings is 1. The minimum Gasteiger partial charge on any atom is -0.348 e. The zero-order chi connectivity index (χ0) is 14.6. The Balaban J connectivity index is 2.60. The van der Waals surface area contributed by atoms with Crippen LogP contribution in [0.25, 0.3) is 0 Å². The van der Waals surface area contributed by atoms with Crippen molar-refractivity contribution in [2.45, 2.75) is 13.0 Å². The van der Waals surface area contributed by atoms with Crippen LogP contribution in [0, 0.1) is 5.82 Å². The maximum Gasteiger partial charge on any atom is 0.235 e. The topological polar surface area (TPSA) is 66.5 Å². The number of sulfonamides is 1. The molecule has 0 spiro atoms. The van der Waals surface area contributed by atoms with E-state index in [0.717, 1.165) is 16.1 Å². The molecule has 19 heavy (non-hydrogen) atoms. The molecule has 0 saturated heterocycles. The Morgan fingerprint density at radius 2 is 1.89 bits per heavy atom. The molecule has 0 aliphatic carbocycles. The molecule has 0 bridgehead atoms. The Morgan fingerprint density at radius 1 is 1.37 bits per heavy atom. The molecule has 7 heteroatoms. The summed E-state index contributed by atoms with van der Waals surface area (Å²) in [6.07, 6.45) is 1.03. The summed E-state index contributed by atoms with van der Waals surface area (Å²) in [6, 6.07) is 5.43. The molecule has 0 heterocycles. The minimum absolute atomic E-state index is 0.246. The van der Waals surface area contributed by atoms with Crippen molar-refractivity contribution in [1.29, 1.82) is 0 Å². The lowest BCUT2D eigenvalue weighted by Gasteiger charge is -2.17. The standard InChI is InChI=1S/C12H17FN2O3S/c1-9(10-4-6-11(13)7-5-10)14-12(16)8-15(2)19(3,17)18/h4-7,9H,8H2,1-3H3,(H,14,16)/t9-/m1/s1. The van der Waals surface area contributed by atoms with Gasteiger partial charge in [0.1, 0.15) is 5.82 Å². The first-order chi connectivity index (χ1) is 8.70. The van der Waals surface area contributed by atoms with Crippen LogP contribution < -0.4 is 5.32 Å². The van der Waals surface area contributed by atoms with Gasteiger partial charge in [-0.3, -0.25) is 4.79 Å². The van der Waals surface area contributed by atoms with Gasteiger partial charge < -0.3 is 5.32 Å². The quantitative estimate of drug-likeness (QED) is 0.875. The number of hydrogen-bond acceptors (Lipinski definition) is 3. The van der Waals surface area contributed by atoms with E-state index < -0.39 is 15.9 Å². The van der Waals surface area contributed by atoms with Gasteiger partial charge in [-0.2, -0.15) is 4.31 Å². The van der Waals surface area contributed by atoms with Crippen LogP contribution in [0.4, 0.5) is 4.39 Å². The number of rotatable bonds is 5. The molecule has 1 aromatic rings. The average molecular weight is 288 g/mol. The van der Waals surface area contributed by atoms with Crippen molar-refractivity contribution < 1.29 is 17.6 Å². The first-order valence-corrected chi connectivity index (χ1v) is 7.51. The molecule has 1 rings (SSSR count). The Hall–Kier alpha value is -1.47. The van der Waals surface area contributed by atoms with Gasteiger partial charge in [0, 0.05) is 7.05 Å². The summed E-state index contributed by atoms with van der Waals surface area (Å²) in [4.78, 5) is 11.7. The van der Waals surface area contributed by atoms with Crippen molar-refractivity contribution in [2.24, 2.45) is 0 Å². The van der Waals surface area contributed by atoms with E-state index in [1.807, 2.05) is 0 Å². The van der Waals surface area contributed by atoms with E-state index in [4.69, 9.17) is 0 Å². The Morgan fingerprint density at radius 3 is 2.37 bits per heavy atom. The molecule has 0 fully saturated rings. The van der Waals surface area contributed by atoms with Gasteiger partial charge in [-0.1, -0.05) is 12.1 Å². The third-order valence-corrected chi connectivity index (χ3v) is 3.94. The van der Waals surface area contributed by atoms with Crippen molar-refractivity contribution in [2.75, 3.05) is 19.8 Å². The molecule has 1 atom stereocenters. The summed E-state index contributed by atoms with van der Waals surface area (Å²) >= 11 is 0. The summed E-state index contributed by atoms with van der Waals surface area (Å²) in [6.45, 7) is 1.50. The number of nitrogens with zero attached hydrogens (tertiary/aromatic N) is 1. The number of hydrogen-bond donors (Lipinski definition) is 1. The molecule has 0 aliphatic rings. The number of nitrogens with one attached hydrogen (secondary N) is 1. The molecule has 1 aromatic carbocycles. The highest BCUT2D eigenvalue weighted by atomic mass is 32.2. The van der Waals surface area contributed by atoms with Crippen molar-refractivity contribution >= 4 is 15.9 Å². The first-order valence-electron chi connectivity index (χ1n) is 5.66. The Bertz CT molecular complexity index is 543. The van der Waals surface area contributed by atoms with Crippen molar-refractivity contribution in [3.8, 4) is 0 Å². The molecular weight excluding hydrogens is 271 g/mol. The van der Waals surface area contributed by atoms with E-state index in [0.29, 0.717) is 0 Å². The Kier molecular flexibility index (Phi) is 5.02. The second kappa shape index (κ2) is 6.12. The number of halogens is 1. The maximum absolute atomic E-state index is 12.8. The van der Waals surface area contributed by atoms with Gasteiger partial charge >= 0.3 is 0 Å². The van der Waals surface area contributed by atoms with Crippen LogP contribution in [0.5, 0.6) is 0 Å². The highest BCUT2D eigenvalue weighted by molar-refractivity contribution is 7.88. The number of likely N-dealkylation sites (N-methyl/N-ethyl adjacent to an activating group) is 1. The van der Waals surface area contributed by atoms with Crippen molar-refractivity contribution in [1.82, 2.24) is 9.62 Å². The zero-order valence-corrected chi connectivity index (χ0v) is 11.9. The van der Waals surface area contributed by atoms with Gasteiger partial charge in [0.15, 0.2) is 0 Å². The SMILES string of the molecule is C[C@@H](NC(=O)CN(C)S(C)(=O)=O)c1ccc(F)cc1. The smallest absolute Gasteiger partial charge is 0.235 e. The molecule has 106 valence electrons. The molecule has 0 aromatic heterocycles. The zero-order valence-electron chi connectivity index (χ0n) is 11.1. The summed E-state index contributed by atoms with van der Waals surface area (Å²) in [7, 11) is -2.05. The number of carbonyl (C=O) groups is 1. The van der Waals surface area contributed by atoms with Gasteiger partial charge in [-0.05, 0) is 24.6 Å². The second-order valence-corrected chi connectivity index (χ2v) is 6.45. The lowest BCUT2D eigenvalue weighted by molar-refractivity contribution is -0.121. The molecule has 0 radical (unpaired) electrons. The van der Waals surface area contributed by atoms with Crippen molar-refractivity contribution in [3.05, 3.63) is 35.6 Å². The molecule has 5 nitrogen and oxygen atoms in total. The van der Waals surface area contributed by atoms with E-state index in [1.54, 1.807) is 19.1 Å². The normalized spacial score (nSPS) is 13.3. The first kappa shape index (κ1) is 15.6. The maximum atomic E-state index is 12.8. The van der Waals surface area contributed by atoms with E-state index in [-0.39, 0.29) is 18.4 Å². The van der Waals surface area contributed by atoms with Crippen LogP contribution in [-0.2, 0) is 14.8 Å². The summed E-state index contributed by atoms with van der Waals surface area (Å²) < 4.78 is 36.0. The molecular formula is C12H17FN2O3S. The molecule has 1 amide bonds. The highest BCUT2D eigenvalue weighted by Gasteiger charge is 2.16. The van der Waals surface area contributed by atoms with Crippen molar-refractivity contribution in [3.63, 3.8) is 0 Å². The molecule has 0 aliphatic heterocycles. The fraction of sp³-hybridized carbons (Fsp3) is 0.417. The largest absolute Gasteiger partial charge is 0.348 e. The third-order valence-electron chi connectivity index (χ3n) is 2.68. The summed E-state index contributed by atoms with van der Waals surface area (Å²) in [5.41, 5.74) is 0.747. The van der Waals surface area contributed by atoms with Crippen LogP contribution >= 0.6 is 0 Å². The fourth-order valence-electron chi connectivity index (χ4n) is 1.44. The fourth-order valence-corrected chi connectivity index (χ4v) is 1.79. The molecule has 1 N–H and O–H groups in total. The lowest BCUT2D eigenvalue weighted by atomic mass is 10.1. The van der Waals surface area contributed by atoms with E-state index in [2.05, 4.69) is 5.32 Å². The molecule has 0 saturated carbocycles. The van der Waals surface area contributed by atoms with Crippen LogP contribution in [0.15, 0.2) is 24.3 Å². The van der Waals surface area contributed by atoms with Gasteiger partial charge in [-0.15, -0.1) is 0 Å². The molecule has 0 unspecified atom stereocenters. The lowest BCUT2D eigenvalue weighted by Crippen LogP contribution is -2.38. The third kappa shape index (κ3) is 4.96. The van der Waals surface area contributed by atoms with Gasteiger partial charge in [0.2, 0.25) is 15.9 Å². The summed E-state index contributed by atoms with van der Waals surface area (Å²) in [5, 5.41) is 2.65. The monoisotopic (exact) mass is 288 g/mol. The average Bonchev–Trinajstić information content (AvgIpc) is 2.28. The summed E-state index contributed by atoms with van der Waals surface area (Å²) in [5.74, 6) is -0.760. The number of carbonyl (C=O) groups excluding carboxylic acids is 1. The van der Waals surface area contributed by atoms with Crippen LogP contribution in [0.2, 0.25) is 0 Å². The highest BCUT2D eigenvalue weighted by Crippen LogP contribution is 2.12. The van der Waals surface area contributed by atoms with Gasteiger partial charge in [0.05, 0.1) is 18.8 Å².